The van der Waals surface area contributed by atoms with Gasteiger partial charge >= 0.3 is 5.97 Å². The Labute approximate surface area is 216 Å². The van der Waals surface area contributed by atoms with E-state index in [4.69, 9.17) is 9.47 Å². The van der Waals surface area contributed by atoms with Crippen LogP contribution in [0.15, 0.2) is 59.9 Å². The maximum Gasteiger partial charge on any atom is 0.335 e. The van der Waals surface area contributed by atoms with Crippen LogP contribution in [0.3, 0.4) is 0 Å². The monoisotopic (exact) mass is 500 g/mol. The molecule has 7 nitrogen and oxygen atoms in total. The Balaban J connectivity index is 1.94. The molecule has 0 radical (unpaired) electrons. The number of nitrogens with zero attached hydrogens (tertiary/aromatic N) is 1. The molecule has 1 fully saturated rings. The second-order valence-electron chi connectivity index (χ2n) is 10.6. The Morgan fingerprint density at radius 2 is 2.17 bits per heavy atom. The average molecular weight is 501 g/mol. The molecular formula is C29H44N2O5. The molecule has 1 heterocycles. The SMILES string of the molecule is C=C(/C=C\C(=C/C)C(=O)O)N(C)CC(CC)(CCNCC1=CC2CCC(C)(C)OC2C=C1)COC=O. The molecule has 0 aromatic heterocycles. The lowest BCUT2D eigenvalue weighted by molar-refractivity contribution is -0.133. The van der Waals surface area contributed by atoms with Gasteiger partial charge in [-0.05, 0) is 70.7 Å². The van der Waals surface area contributed by atoms with Gasteiger partial charge in [0, 0.05) is 37.2 Å². The fourth-order valence-corrected chi connectivity index (χ4v) is 4.81. The summed E-state index contributed by atoms with van der Waals surface area (Å²) in [5.74, 6) is -0.539. The topological polar surface area (TPSA) is 88.1 Å². The van der Waals surface area contributed by atoms with E-state index in [1.807, 2.05) is 11.9 Å². The van der Waals surface area contributed by atoms with Crippen LogP contribution in [0.25, 0.3) is 0 Å². The minimum absolute atomic E-state index is 0.0539. The van der Waals surface area contributed by atoms with Crippen molar-refractivity contribution in [2.45, 2.75) is 65.1 Å². The van der Waals surface area contributed by atoms with E-state index in [1.165, 1.54) is 5.57 Å². The largest absolute Gasteiger partial charge is 0.478 e. The average Bonchev–Trinajstić information content (AvgIpc) is 2.84. The van der Waals surface area contributed by atoms with E-state index in [0.717, 1.165) is 38.8 Å². The normalized spacial score (nSPS) is 22.9. The first-order chi connectivity index (χ1) is 17.0. The molecule has 3 unspecified atom stereocenters. The highest BCUT2D eigenvalue weighted by Gasteiger charge is 2.34. The molecule has 1 aliphatic heterocycles. The zero-order valence-corrected chi connectivity index (χ0v) is 22.6. The second kappa shape index (κ2) is 13.6. The van der Waals surface area contributed by atoms with E-state index in [2.05, 4.69) is 50.9 Å². The van der Waals surface area contributed by atoms with E-state index in [9.17, 15) is 14.7 Å². The van der Waals surface area contributed by atoms with Gasteiger partial charge in [-0.25, -0.2) is 4.79 Å². The first-order valence-electron chi connectivity index (χ1n) is 12.8. The number of carbonyl (C=O) groups excluding carboxylic acids is 1. The van der Waals surface area contributed by atoms with Crippen LogP contribution in [0.2, 0.25) is 0 Å². The van der Waals surface area contributed by atoms with E-state index >= 15 is 0 Å². The van der Waals surface area contributed by atoms with Crippen molar-refractivity contribution in [2.75, 3.05) is 33.3 Å². The lowest BCUT2D eigenvalue weighted by atomic mass is 9.81. The molecule has 200 valence electrons. The van der Waals surface area contributed by atoms with Gasteiger partial charge in [-0.3, -0.25) is 4.79 Å². The third-order valence-electron chi connectivity index (χ3n) is 7.33. The van der Waals surface area contributed by atoms with Crippen molar-refractivity contribution in [3.05, 3.63) is 59.9 Å². The van der Waals surface area contributed by atoms with Gasteiger partial charge < -0.3 is 24.8 Å². The number of hydrogen-bond acceptors (Lipinski definition) is 6. The highest BCUT2D eigenvalue weighted by atomic mass is 16.5. The number of hydrogen-bond donors (Lipinski definition) is 2. The van der Waals surface area contributed by atoms with Crippen molar-refractivity contribution in [1.82, 2.24) is 10.2 Å². The highest BCUT2D eigenvalue weighted by Crippen LogP contribution is 2.36. The molecule has 1 saturated heterocycles. The summed E-state index contributed by atoms with van der Waals surface area (Å²) in [6.45, 7) is 15.2. The lowest BCUT2D eigenvalue weighted by Gasteiger charge is -2.40. The van der Waals surface area contributed by atoms with Crippen molar-refractivity contribution in [2.24, 2.45) is 11.3 Å². The van der Waals surface area contributed by atoms with Gasteiger partial charge in [-0.1, -0.05) is 37.8 Å². The predicted octanol–water partition coefficient (Wildman–Crippen LogP) is 4.64. The van der Waals surface area contributed by atoms with Crippen LogP contribution >= 0.6 is 0 Å². The summed E-state index contributed by atoms with van der Waals surface area (Å²) in [6.07, 6.45) is 15.5. The summed E-state index contributed by atoms with van der Waals surface area (Å²) in [5, 5.41) is 12.8. The number of carboxylic acids is 1. The third-order valence-corrected chi connectivity index (χ3v) is 7.33. The summed E-state index contributed by atoms with van der Waals surface area (Å²) < 4.78 is 11.4. The molecule has 3 atom stereocenters. The number of likely N-dealkylation sites (N-methyl/N-ethyl adjacent to an activating group) is 1. The Morgan fingerprint density at radius 3 is 2.81 bits per heavy atom. The molecule has 0 spiro atoms. The standard InChI is InChI=1S/C29H44N2O5/c1-7-24(27(33)34)11-9-22(3)31(6)19-29(8-2,20-35-21-32)15-16-30-18-23-10-12-26-25(17-23)13-14-28(4,5)36-26/h7,9-12,17,21,25-26,30H,3,8,13-16,18-20H2,1-2,4-6H3,(H,33,34)/b11-9-,24-7+. The Bertz CT molecular complexity index is 901. The van der Waals surface area contributed by atoms with E-state index in [-0.39, 0.29) is 22.7 Å². The van der Waals surface area contributed by atoms with Crippen LogP contribution in [-0.2, 0) is 19.1 Å². The summed E-state index contributed by atoms with van der Waals surface area (Å²) in [4.78, 5) is 24.2. The quantitative estimate of drug-likeness (QED) is 0.147. The van der Waals surface area contributed by atoms with Crippen LogP contribution in [0.4, 0.5) is 0 Å². The van der Waals surface area contributed by atoms with Crippen molar-refractivity contribution in [3.63, 3.8) is 0 Å². The molecule has 36 heavy (non-hydrogen) atoms. The molecule has 2 aliphatic rings. The maximum atomic E-state index is 11.2. The number of ether oxygens (including phenoxy) is 2. The van der Waals surface area contributed by atoms with E-state index in [1.54, 1.807) is 25.2 Å². The van der Waals surface area contributed by atoms with Gasteiger partial charge in [-0.2, -0.15) is 0 Å². The van der Waals surface area contributed by atoms with Gasteiger partial charge in [-0.15, -0.1) is 0 Å². The van der Waals surface area contributed by atoms with Gasteiger partial charge in [0.2, 0.25) is 0 Å². The zero-order chi connectivity index (χ0) is 26.8. The van der Waals surface area contributed by atoms with E-state index < -0.39 is 5.97 Å². The molecular weight excluding hydrogens is 456 g/mol. The Hall–Kier alpha value is -2.64. The first-order valence-corrected chi connectivity index (χ1v) is 12.8. The summed E-state index contributed by atoms with van der Waals surface area (Å²) >= 11 is 0. The predicted molar refractivity (Wildman–Crippen MR) is 143 cm³/mol. The molecule has 2 N–H and O–H groups in total. The second-order valence-corrected chi connectivity index (χ2v) is 10.6. The fraction of sp³-hybridized carbons (Fsp3) is 0.586. The van der Waals surface area contributed by atoms with Crippen molar-refractivity contribution in [1.29, 1.82) is 0 Å². The van der Waals surface area contributed by atoms with Gasteiger partial charge in [0.1, 0.15) is 0 Å². The number of allylic oxidation sites excluding steroid dienone is 2. The number of carbonyl (C=O) groups is 2. The number of rotatable bonds is 15. The summed E-state index contributed by atoms with van der Waals surface area (Å²) in [6, 6.07) is 0. The molecule has 0 aromatic rings. The molecule has 1 aliphatic carbocycles. The van der Waals surface area contributed by atoms with Crippen LogP contribution in [0.1, 0.15) is 53.4 Å². The summed E-state index contributed by atoms with van der Waals surface area (Å²) in [5.41, 5.74) is 1.86. The third kappa shape index (κ3) is 8.79. The van der Waals surface area contributed by atoms with Crippen molar-refractivity contribution < 1.29 is 24.2 Å². The zero-order valence-electron chi connectivity index (χ0n) is 22.6. The highest BCUT2D eigenvalue weighted by molar-refractivity contribution is 5.89. The minimum atomic E-state index is -0.976. The van der Waals surface area contributed by atoms with Crippen LogP contribution in [-0.4, -0.2) is 67.4 Å². The van der Waals surface area contributed by atoms with Crippen LogP contribution in [0, 0.1) is 11.3 Å². The molecule has 0 amide bonds. The van der Waals surface area contributed by atoms with Crippen LogP contribution in [0.5, 0.6) is 0 Å². The number of fused-ring (bicyclic) bond motifs is 1. The molecule has 2 rings (SSSR count). The first kappa shape index (κ1) is 29.6. The minimum Gasteiger partial charge on any atom is -0.478 e. The number of carboxylic acid groups (broad SMARTS) is 1. The lowest BCUT2D eigenvalue weighted by Crippen LogP contribution is -2.41. The van der Waals surface area contributed by atoms with Crippen molar-refractivity contribution >= 4 is 12.4 Å². The van der Waals surface area contributed by atoms with Crippen LogP contribution < -0.4 is 5.32 Å². The Kier molecular flexibility index (Phi) is 11.2. The van der Waals surface area contributed by atoms with Gasteiger partial charge in [0.15, 0.2) is 0 Å². The van der Waals surface area contributed by atoms with Gasteiger partial charge in [0.05, 0.1) is 23.9 Å². The van der Waals surface area contributed by atoms with Gasteiger partial charge in [0.25, 0.3) is 6.47 Å². The maximum absolute atomic E-state index is 11.2. The Morgan fingerprint density at radius 1 is 1.42 bits per heavy atom. The van der Waals surface area contributed by atoms with Crippen molar-refractivity contribution in [3.8, 4) is 0 Å². The fourth-order valence-electron chi connectivity index (χ4n) is 4.81. The number of nitrogens with one attached hydrogen (secondary N) is 1. The molecule has 0 aromatic carbocycles. The number of aliphatic carboxylic acids is 1. The summed E-state index contributed by atoms with van der Waals surface area (Å²) in [7, 11) is 1.92. The molecule has 0 saturated carbocycles. The smallest absolute Gasteiger partial charge is 0.335 e. The molecule has 0 bridgehead atoms. The van der Waals surface area contributed by atoms with E-state index in [0.29, 0.717) is 31.2 Å². The molecule has 7 heteroatoms.